The van der Waals surface area contributed by atoms with Crippen molar-refractivity contribution in [3.05, 3.63) is 17.8 Å². The molecule has 1 N–H and O–H groups in total. The number of fused-ring (bicyclic) bond motifs is 2. The fraction of sp³-hybridized carbons (Fsp3) is 0.538. The largest absolute Gasteiger partial charge is 0.352 e. The number of hydrogen-bond donors (Lipinski definition) is 1. The molecule has 2 aromatic rings. The molecule has 2 aliphatic heterocycles. The average molecular weight is 260 g/mol. The van der Waals surface area contributed by atoms with Crippen LogP contribution in [0.4, 0.5) is 5.82 Å². The number of nitrogens with zero attached hydrogens (tertiary/aromatic N) is 3. The molecule has 4 heterocycles. The van der Waals surface area contributed by atoms with Gasteiger partial charge in [0, 0.05) is 25.7 Å². The van der Waals surface area contributed by atoms with Crippen LogP contribution in [0.3, 0.4) is 0 Å². The number of aromatic nitrogens is 2. The predicted octanol–water partition coefficient (Wildman–Crippen LogP) is 1.74. The molecule has 0 saturated carbocycles. The Morgan fingerprint density at radius 3 is 3.22 bits per heavy atom. The first kappa shape index (κ1) is 10.7. The summed E-state index contributed by atoms with van der Waals surface area (Å²) in [7, 11) is 0. The first-order valence-corrected chi connectivity index (χ1v) is 7.38. The van der Waals surface area contributed by atoms with Gasteiger partial charge in [-0.05, 0) is 30.2 Å². The number of nitrogens with one attached hydrogen (secondary N) is 1. The lowest BCUT2D eigenvalue weighted by atomic mass is 9.95. The maximum absolute atomic E-state index is 4.54. The highest BCUT2D eigenvalue weighted by Gasteiger charge is 2.42. The fourth-order valence-electron chi connectivity index (χ4n) is 3.43. The van der Waals surface area contributed by atoms with E-state index in [4.69, 9.17) is 0 Å². The van der Waals surface area contributed by atoms with Crippen LogP contribution >= 0.6 is 11.3 Å². The molecule has 18 heavy (non-hydrogen) atoms. The van der Waals surface area contributed by atoms with E-state index in [0.29, 0.717) is 6.04 Å². The normalized spacial score (nSPS) is 31.2. The van der Waals surface area contributed by atoms with E-state index >= 15 is 0 Å². The highest BCUT2D eigenvalue weighted by Crippen LogP contribution is 2.38. The Morgan fingerprint density at radius 1 is 1.39 bits per heavy atom. The lowest BCUT2D eigenvalue weighted by Gasteiger charge is -2.25. The Morgan fingerprint density at radius 2 is 2.33 bits per heavy atom. The maximum atomic E-state index is 4.54. The van der Waals surface area contributed by atoms with Gasteiger partial charge in [-0.2, -0.15) is 0 Å². The molecule has 0 aromatic carbocycles. The summed E-state index contributed by atoms with van der Waals surface area (Å²) in [5.41, 5.74) is 1.08. The van der Waals surface area contributed by atoms with Gasteiger partial charge in [0.15, 0.2) is 0 Å². The van der Waals surface area contributed by atoms with E-state index in [1.54, 1.807) is 17.7 Å². The molecule has 4 nitrogen and oxygen atoms in total. The molecule has 2 aliphatic rings. The van der Waals surface area contributed by atoms with Crippen molar-refractivity contribution in [2.24, 2.45) is 11.8 Å². The third kappa shape index (κ3) is 1.40. The monoisotopic (exact) mass is 260 g/mol. The second-order valence-corrected chi connectivity index (χ2v) is 6.22. The van der Waals surface area contributed by atoms with Crippen LogP contribution in [0, 0.1) is 11.8 Å². The van der Waals surface area contributed by atoms with E-state index in [2.05, 4.69) is 38.6 Å². The summed E-state index contributed by atoms with van der Waals surface area (Å²) < 4.78 is 1.23. The van der Waals surface area contributed by atoms with Crippen LogP contribution in [-0.2, 0) is 0 Å². The van der Waals surface area contributed by atoms with Gasteiger partial charge in [-0.3, -0.25) is 0 Å². The number of thiophene rings is 1. The fourth-order valence-corrected chi connectivity index (χ4v) is 4.28. The first-order chi connectivity index (χ1) is 8.84. The topological polar surface area (TPSA) is 41.0 Å². The molecule has 0 amide bonds. The van der Waals surface area contributed by atoms with Crippen molar-refractivity contribution in [3.63, 3.8) is 0 Å². The second-order valence-electron chi connectivity index (χ2n) is 5.31. The van der Waals surface area contributed by atoms with Gasteiger partial charge < -0.3 is 10.2 Å². The van der Waals surface area contributed by atoms with E-state index in [9.17, 15) is 0 Å². The zero-order chi connectivity index (χ0) is 12.1. The van der Waals surface area contributed by atoms with Crippen LogP contribution in [0.25, 0.3) is 10.2 Å². The van der Waals surface area contributed by atoms with Crippen molar-refractivity contribution >= 4 is 27.4 Å². The summed E-state index contributed by atoms with van der Waals surface area (Å²) in [5, 5.41) is 5.61. The summed E-state index contributed by atoms with van der Waals surface area (Å²) in [6.07, 6.45) is 1.70. The molecule has 94 valence electrons. The van der Waals surface area contributed by atoms with E-state index in [-0.39, 0.29) is 0 Å². The molecule has 0 spiro atoms. The molecule has 5 heteroatoms. The quantitative estimate of drug-likeness (QED) is 0.848. The van der Waals surface area contributed by atoms with Crippen LogP contribution in [0.15, 0.2) is 17.8 Å². The number of hydrogen-bond acceptors (Lipinski definition) is 5. The van der Waals surface area contributed by atoms with Crippen molar-refractivity contribution in [3.8, 4) is 0 Å². The van der Waals surface area contributed by atoms with Crippen molar-refractivity contribution in [1.29, 1.82) is 0 Å². The van der Waals surface area contributed by atoms with Gasteiger partial charge in [0.2, 0.25) is 0 Å². The molecule has 2 aromatic heterocycles. The van der Waals surface area contributed by atoms with Crippen molar-refractivity contribution in [2.75, 3.05) is 24.5 Å². The Labute approximate surface area is 110 Å². The summed E-state index contributed by atoms with van der Waals surface area (Å²) in [5.74, 6) is 2.69. The molecule has 0 bridgehead atoms. The maximum Gasteiger partial charge on any atom is 0.150 e. The van der Waals surface area contributed by atoms with Crippen LogP contribution < -0.4 is 10.2 Å². The van der Waals surface area contributed by atoms with Gasteiger partial charge in [0.25, 0.3) is 0 Å². The van der Waals surface area contributed by atoms with Crippen LogP contribution in [0.2, 0.25) is 0 Å². The third-order valence-corrected chi connectivity index (χ3v) is 5.33. The van der Waals surface area contributed by atoms with Gasteiger partial charge in [0.05, 0.1) is 10.2 Å². The predicted molar refractivity (Wildman–Crippen MR) is 74.1 cm³/mol. The zero-order valence-corrected chi connectivity index (χ0v) is 11.2. The molecular weight excluding hydrogens is 244 g/mol. The van der Waals surface area contributed by atoms with E-state index in [0.717, 1.165) is 42.8 Å². The van der Waals surface area contributed by atoms with Crippen LogP contribution in [0.1, 0.15) is 6.92 Å². The zero-order valence-electron chi connectivity index (χ0n) is 10.3. The smallest absolute Gasteiger partial charge is 0.150 e. The van der Waals surface area contributed by atoms with Crippen LogP contribution in [0.5, 0.6) is 0 Å². The summed E-state index contributed by atoms with van der Waals surface area (Å²) in [4.78, 5) is 11.4. The lowest BCUT2D eigenvalue weighted by molar-refractivity contribution is 0.471. The standard InChI is InChI=1S/C13H16N4S/c1-8-10-5-14-4-9(10)6-17(8)13-12-11(2-3-18-12)15-7-16-13/h2-3,7-10,14H,4-6H2,1H3. The van der Waals surface area contributed by atoms with Crippen molar-refractivity contribution < 1.29 is 0 Å². The van der Waals surface area contributed by atoms with Crippen LogP contribution in [-0.4, -0.2) is 35.6 Å². The summed E-state index contributed by atoms with van der Waals surface area (Å²) in [6, 6.07) is 2.65. The molecule has 2 saturated heterocycles. The SMILES string of the molecule is CC1C2CNCC2CN1c1ncnc2ccsc12. The van der Waals surface area contributed by atoms with Crippen molar-refractivity contribution in [2.45, 2.75) is 13.0 Å². The Bertz CT molecular complexity index is 581. The minimum atomic E-state index is 0.574. The minimum absolute atomic E-state index is 0.574. The van der Waals surface area contributed by atoms with E-state index < -0.39 is 0 Å². The molecule has 0 radical (unpaired) electrons. The Hall–Kier alpha value is -1.20. The van der Waals surface area contributed by atoms with E-state index in [1.807, 2.05) is 0 Å². The first-order valence-electron chi connectivity index (χ1n) is 6.50. The molecule has 3 atom stereocenters. The molecule has 2 fully saturated rings. The van der Waals surface area contributed by atoms with Gasteiger partial charge >= 0.3 is 0 Å². The summed E-state index contributed by atoms with van der Waals surface area (Å²) >= 11 is 1.75. The highest BCUT2D eigenvalue weighted by molar-refractivity contribution is 7.17. The number of anilines is 1. The second kappa shape index (κ2) is 3.90. The third-order valence-electron chi connectivity index (χ3n) is 4.43. The Balaban J connectivity index is 1.77. The molecule has 4 rings (SSSR count). The molecule has 3 unspecified atom stereocenters. The highest BCUT2D eigenvalue weighted by atomic mass is 32.1. The van der Waals surface area contributed by atoms with Gasteiger partial charge in [-0.25, -0.2) is 9.97 Å². The minimum Gasteiger partial charge on any atom is -0.352 e. The lowest BCUT2D eigenvalue weighted by Crippen LogP contribution is -2.33. The van der Waals surface area contributed by atoms with Gasteiger partial charge in [0.1, 0.15) is 12.1 Å². The number of rotatable bonds is 1. The molecule has 0 aliphatic carbocycles. The van der Waals surface area contributed by atoms with Gasteiger partial charge in [-0.15, -0.1) is 11.3 Å². The Kier molecular flexibility index (Phi) is 2.32. The molecular formula is C13H16N4S. The van der Waals surface area contributed by atoms with Crippen molar-refractivity contribution in [1.82, 2.24) is 15.3 Å². The van der Waals surface area contributed by atoms with E-state index in [1.165, 1.54) is 4.70 Å². The van der Waals surface area contributed by atoms with Gasteiger partial charge in [-0.1, -0.05) is 0 Å². The average Bonchev–Trinajstić information content (AvgIpc) is 3.06. The summed E-state index contributed by atoms with van der Waals surface area (Å²) in [6.45, 7) is 5.77.